The lowest BCUT2D eigenvalue weighted by atomic mass is 10.1. The highest BCUT2D eigenvalue weighted by atomic mass is 16.3. The Bertz CT molecular complexity index is 556. The summed E-state index contributed by atoms with van der Waals surface area (Å²) >= 11 is 0. The molecular weight excluding hydrogens is 240 g/mol. The molecule has 19 heavy (non-hydrogen) atoms. The average Bonchev–Trinajstić information content (AvgIpc) is 2.43. The van der Waals surface area contributed by atoms with Crippen molar-refractivity contribution in [2.75, 3.05) is 0 Å². The van der Waals surface area contributed by atoms with Crippen LogP contribution in [0.4, 0.5) is 0 Å². The van der Waals surface area contributed by atoms with Gasteiger partial charge >= 0.3 is 0 Å². The highest BCUT2D eigenvalue weighted by Crippen LogP contribution is 2.14. The number of nitrogens with one attached hydrogen (secondary N) is 1. The van der Waals surface area contributed by atoms with E-state index in [1.54, 1.807) is 12.1 Å². The Kier molecular flexibility index (Phi) is 4.49. The fraction of sp³-hybridized carbons (Fsp3) is 0.267. The molecule has 0 bridgehead atoms. The second-order valence-electron chi connectivity index (χ2n) is 4.50. The van der Waals surface area contributed by atoms with Crippen LogP contribution in [0.3, 0.4) is 0 Å². The van der Waals surface area contributed by atoms with Crippen molar-refractivity contribution in [2.45, 2.75) is 26.6 Å². The Labute approximate surface area is 112 Å². The standard InChI is InChI=1S/C15H18N2O2/c1-11-5-6-15(19)14(17-11)9-16-8-12-3-2-4-13(7-12)10-18/h2-7,16,18-19H,8-10H2,1H3. The molecule has 0 atom stereocenters. The van der Waals surface area contributed by atoms with Gasteiger partial charge in [0.05, 0.1) is 12.3 Å². The molecule has 2 aromatic rings. The van der Waals surface area contributed by atoms with Crippen LogP contribution >= 0.6 is 0 Å². The third-order valence-corrected chi connectivity index (χ3v) is 2.88. The van der Waals surface area contributed by atoms with Gasteiger partial charge in [-0.05, 0) is 30.2 Å². The third kappa shape index (κ3) is 3.77. The van der Waals surface area contributed by atoms with Crippen molar-refractivity contribution in [1.82, 2.24) is 10.3 Å². The summed E-state index contributed by atoms with van der Waals surface area (Å²) in [5.41, 5.74) is 3.53. The number of aliphatic hydroxyl groups is 1. The minimum Gasteiger partial charge on any atom is -0.506 e. The van der Waals surface area contributed by atoms with Gasteiger partial charge in [0.1, 0.15) is 5.75 Å². The number of aromatic hydroxyl groups is 1. The molecule has 2 rings (SSSR count). The highest BCUT2D eigenvalue weighted by molar-refractivity contribution is 5.28. The molecule has 0 aliphatic rings. The van der Waals surface area contributed by atoms with Crippen LogP contribution in [-0.4, -0.2) is 15.2 Å². The number of hydrogen-bond acceptors (Lipinski definition) is 4. The van der Waals surface area contributed by atoms with Gasteiger partial charge in [0.15, 0.2) is 0 Å². The van der Waals surface area contributed by atoms with E-state index in [9.17, 15) is 5.11 Å². The van der Waals surface area contributed by atoms with Gasteiger partial charge in [0.25, 0.3) is 0 Å². The summed E-state index contributed by atoms with van der Waals surface area (Å²) in [6.07, 6.45) is 0. The normalized spacial score (nSPS) is 10.6. The van der Waals surface area contributed by atoms with E-state index in [4.69, 9.17) is 5.11 Å². The molecule has 0 amide bonds. The van der Waals surface area contributed by atoms with E-state index in [1.165, 1.54) is 0 Å². The molecule has 0 aliphatic heterocycles. The molecule has 0 fully saturated rings. The van der Waals surface area contributed by atoms with Gasteiger partial charge in [0.2, 0.25) is 0 Å². The Morgan fingerprint density at radius 3 is 2.68 bits per heavy atom. The van der Waals surface area contributed by atoms with Gasteiger partial charge in [-0.2, -0.15) is 0 Å². The maximum atomic E-state index is 9.68. The van der Waals surface area contributed by atoms with Crippen LogP contribution in [0.1, 0.15) is 22.5 Å². The van der Waals surface area contributed by atoms with Gasteiger partial charge in [-0.1, -0.05) is 24.3 Å². The smallest absolute Gasteiger partial charge is 0.138 e. The first-order valence-electron chi connectivity index (χ1n) is 6.24. The molecule has 100 valence electrons. The first-order chi connectivity index (χ1) is 9.19. The fourth-order valence-corrected chi connectivity index (χ4v) is 1.90. The molecule has 0 aliphatic carbocycles. The average molecular weight is 258 g/mol. The van der Waals surface area contributed by atoms with E-state index in [0.717, 1.165) is 16.8 Å². The topological polar surface area (TPSA) is 65.4 Å². The van der Waals surface area contributed by atoms with Crippen molar-refractivity contribution in [1.29, 1.82) is 0 Å². The van der Waals surface area contributed by atoms with Gasteiger partial charge in [-0.15, -0.1) is 0 Å². The van der Waals surface area contributed by atoms with Crippen LogP contribution in [0.5, 0.6) is 5.75 Å². The van der Waals surface area contributed by atoms with Crippen molar-refractivity contribution >= 4 is 0 Å². The van der Waals surface area contributed by atoms with Crippen molar-refractivity contribution in [2.24, 2.45) is 0 Å². The number of rotatable bonds is 5. The van der Waals surface area contributed by atoms with Crippen molar-refractivity contribution in [3.63, 3.8) is 0 Å². The lowest BCUT2D eigenvalue weighted by Crippen LogP contribution is -2.14. The van der Waals surface area contributed by atoms with Crippen LogP contribution in [0.25, 0.3) is 0 Å². The van der Waals surface area contributed by atoms with E-state index < -0.39 is 0 Å². The lowest BCUT2D eigenvalue weighted by Gasteiger charge is -2.08. The van der Waals surface area contributed by atoms with Crippen molar-refractivity contribution in [3.05, 3.63) is 58.9 Å². The van der Waals surface area contributed by atoms with E-state index in [1.807, 2.05) is 31.2 Å². The summed E-state index contributed by atoms with van der Waals surface area (Å²) in [5, 5.41) is 22.0. The molecule has 0 saturated carbocycles. The number of benzene rings is 1. The number of aromatic nitrogens is 1. The zero-order valence-electron chi connectivity index (χ0n) is 10.9. The molecule has 0 radical (unpaired) electrons. The number of aryl methyl sites for hydroxylation is 1. The monoisotopic (exact) mass is 258 g/mol. The number of hydrogen-bond donors (Lipinski definition) is 3. The first-order valence-corrected chi connectivity index (χ1v) is 6.24. The van der Waals surface area contributed by atoms with E-state index in [0.29, 0.717) is 18.8 Å². The van der Waals surface area contributed by atoms with Crippen molar-refractivity contribution in [3.8, 4) is 5.75 Å². The number of aliphatic hydroxyl groups excluding tert-OH is 1. The third-order valence-electron chi connectivity index (χ3n) is 2.88. The largest absolute Gasteiger partial charge is 0.506 e. The number of pyridine rings is 1. The Morgan fingerprint density at radius 1 is 1.11 bits per heavy atom. The second kappa shape index (κ2) is 6.31. The summed E-state index contributed by atoms with van der Waals surface area (Å²) in [7, 11) is 0. The van der Waals surface area contributed by atoms with Crippen LogP contribution in [-0.2, 0) is 19.7 Å². The maximum Gasteiger partial charge on any atom is 0.138 e. The minimum absolute atomic E-state index is 0.0497. The zero-order chi connectivity index (χ0) is 13.7. The van der Waals surface area contributed by atoms with Gasteiger partial charge in [-0.25, -0.2) is 0 Å². The Morgan fingerprint density at radius 2 is 1.89 bits per heavy atom. The molecule has 0 unspecified atom stereocenters. The van der Waals surface area contributed by atoms with Crippen LogP contribution in [0.2, 0.25) is 0 Å². The fourth-order valence-electron chi connectivity index (χ4n) is 1.90. The second-order valence-corrected chi connectivity index (χ2v) is 4.50. The van der Waals surface area contributed by atoms with Gasteiger partial charge in [-0.3, -0.25) is 4.98 Å². The zero-order valence-corrected chi connectivity index (χ0v) is 10.9. The lowest BCUT2D eigenvalue weighted by molar-refractivity contribution is 0.281. The van der Waals surface area contributed by atoms with E-state index >= 15 is 0 Å². The molecule has 1 aromatic carbocycles. The predicted molar refractivity (Wildman–Crippen MR) is 73.5 cm³/mol. The van der Waals surface area contributed by atoms with Crippen molar-refractivity contribution < 1.29 is 10.2 Å². The van der Waals surface area contributed by atoms with E-state index in [-0.39, 0.29) is 12.4 Å². The maximum absolute atomic E-state index is 9.68. The van der Waals surface area contributed by atoms with E-state index in [2.05, 4.69) is 10.3 Å². The minimum atomic E-state index is 0.0497. The molecule has 0 spiro atoms. The van der Waals surface area contributed by atoms with Crippen LogP contribution in [0, 0.1) is 6.92 Å². The molecular formula is C15H18N2O2. The summed E-state index contributed by atoms with van der Waals surface area (Å²) in [5.74, 6) is 0.210. The summed E-state index contributed by atoms with van der Waals surface area (Å²) < 4.78 is 0. The Balaban J connectivity index is 1.94. The summed E-state index contributed by atoms with van der Waals surface area (Å²) in [4.78, 5) is 4.29. The SMILES string of the molecule is Cc1ccc(O)c(CNCc2cccc(CO)c2)n1. The molecule has 4 nitrogen and oxygen atoms in total. The quantitative estimate of drug-likeness (QED) is 0.766. The molecule has 1 heterocycles. The molecule has 4 heteroatoms. The summed E-state index contributed by atoms with van der Waals surface area (Å²) in [6.45, 7) is 3.13. The summed E-state index contributed by atoms with van der Waals surface area (Å²) in [6, 6.07) is 11.2. The molecule has 0 saturated heterocycles. The first kappa shape index (κ1) is 13.5. The van der Waals surface area contributed by atoms with Crippen LogP contribution in [0.15, 0.2) is 36.4 Å². The van der Waals surface area contributed by atoms with Crippen LogP contribution < -0.4 is 5.32 Å². The molecule has 3 N–H and O–H groups in total. The predicted octanol–water partition coefficient (Wildman–Crippen LogP) is 1.88. The van der Waals surface area contributed by atoms with Gasteiger partial charge in [0, 0.05) is 18.8 Å². The number of nitrogens with zero attached hydrogens (tertiary/aromatic N) is 1. The Hall–Kier alpha value is -1.91. The highest BCUT2D eigenvalue weighted by Gasteiger charge is 2.03. The molecule has 1 aromatic heterocycles. The van der Waals surface area contributed by atoms with Gasteiger partial charge < -0.3 is 15.5 Å².